The number of nitrogens with zero attached hydrogens (tertiary/aromatic N) is 5. The fourth-order valence-electron chi connectivity index (χ4n) is 2.65. The van der Waals surface area contributed by atoms with Crippen LogP contribution in [0.3, 0.4) is 0 Å². The molecule has 26 heavy (non-hydrogen) atoms. The predicted octanol–water partition coefficient (Wildman–Crippen LogP) is 3.24. The standard InChI is InChI=1S/C15H13F6N5/c16-14(17,18)10-2-1-3-22-13(10)26-6-4-25(5-7-26)12-9-23-11(8-24-12)15(19,20)21/h1-3,8-9H,4-7H2. The molecule has 1 aliphatic heterocycles. The second-order valence-electron chi connectivity index (χ2n) is 5.60. The van der Waals surface area contributed by atoms with E-state index in [2.05, 4.69) is 15.0 Å². The molecule has 0 aliphatic carbocycles. The number of anilines is 2. The van der Waals surface area contributed by atoms with Crippen LogP contribution in [-0.4, -0.2) is 41.1 Å². The van der Waals surface area contributed by atoms with Crippen molar-refractivity contribution in [2.75, 3.05) is 36.0 Å². The highest BCUT2D eigenvalue weighted by atomic mass is 19.4. The molecule has 0 bridgehead atoms. The second-order valence-corrected chi connectivity index (χ2v) is 5.60. The number of pyridine rings is 1. The molecule has 0 amide bonds. The van der Waals surface area contributed by atoms with Crippen LogP contribution in [0.1, 0.15) is 11.3 Å². The first-order chi connectivity index (χ1) is 12.2. The maximum Gasteiger partial charge on any atom is 0.434 e. The van der Waals surface area contributed by atoms with Crippen molar-refractivity contribution in [2.24, 2.45) is 0 Å². The quantitative estimate of drug-likeness (QED) is 0.752. The van der Waals surface area contributed by atoms with Crippen molar-refractivity contribution < 1.29 is 26.3 Å². The maximum absolute atomic E-state index is 13.1. The summed E-state index contributed by atoms with van der Waals surface area (Å²) in [6, 6.07) is 2.19. The molecule has 1 aliphatic rings. The third-order valence-electron chi connectivity index (χ3n) is 3.92. The largest absolute Gasteiger partial charge is 0.434 e. The van der Waals surface area contributed by atoms with Gasteiger partial charge in [-0.15, -0.1) is 0 Å². The molecule has 0 radical (unpaired) electrons. The van der Waals surface area contributed by atoms with Gasteiger partial charge in [0.2, 0.25) is 0 Å². The number of piperazine rings is 1. The Hall–Kier alpha value is -2.59. The number of alkyl halides is 6. The molecular weight excluding hydrogens is 364 g/mol. The van der Waals surface area contributed by atoms with E-state index >= 15 is 0 Å². The minimum Gasteiger partial charge on any atom is -0.353 e. The summed E-state index contributed by atoms with van der Waals surface area (Å²) in [5, 5.41) is 0. The zero-order valence-corrected chi connectivity index (χ0v) is 13.2. The molecule has 3 rings (SSSR count). The molecule has 0 aromatic carbocycles. The van der Waals surface area contributed by atoms with Crippen molar-refractivity contribution >= 4 is 11.6 Å². The van der Waals surface area contributed by atoms with Crippen LogP contribution in [0.25, 0.3) is 0 Å². The Kier molecular flexibility index (Phi) is 4.63. The minimum absolute atomic E-state index is 0.154. The molecule has 1 saturated heterocycles. The third kappa shape index (κ3) is 3.81. The van der Waals surface area contributed by atoms with E-state index in [0.717, 1.165) is 12.3 Å². The van der Waals surface area contributed by atoms with Gasteiger partial charge < -0.3 is 9.80 Å². The van der Waals surface area contributed by atoms with Gasteiger partial charge in [-0.3, -0.25) is 0 Å². The highest BCUT2D eigenvalue weighted by Crippen LogP contribution is 2.35. The van der Waals surface area contributed by atoms with E-state index in [1.807, 2.05) is 0 Å². The number of rotatable bonds is 2. The van der Waals surface area contributed by atoms with E-state index in [9.17, 15) is 26.3 Å². The molecule has 11 heteroatoms. The second kappa shape index (κ2) is 6.61. The smallest absolute Gasteiger partial charge is 0.353 e. The van der Waals surface area contributed by atoms with E-state index in [0.29, 0.717) is 6.20 Å². The van der Waals surface area contributed by atoms with E-state index < -0.39 is 23.6 Å². The Balaban J connectivity index is 1.71. The third-order valence-corrected chi connectivity index (χ3v) is 3.92. The fraction of sp³-hybridized carbons (Fsp3) is 0.400. The molecule has 0 atom stereocenters. The zero-order valence-electron chi connectivity index (χ0n) is 13.2. The van der Waals surface area contributed by atoms with Gasteiger partial charge in [0.15, 0.2) is 5.69 Å². The predicted molar refractivity (Wildman–Crippen MR) is 80.7 cm³/mol. The van der Waals surface area contributed by atoms with Crippen molar-refractivity contribution in [1.29, 1.82) is 0 Å². The normalized spacial score (nSPS) is 16.1. The molecule has 140 valence electrons. The van der Waals surface area contributed by atoms with Crippen LogP contribution < -0.4 is 9.80 Å². The number of hydrogen-bond donors (Lipinski definition) is 0. The van der Waals surface area contributed by atoms with Crippen LogP contribution >= 0.6 is 0 Å². The van der Waals surface area contributed by atoms with Crippen LogP contribution in [0.5, 0.6) is 0 Å². The molecule has 5 nitrogen and oxygen atoms in total. The molecule has 3 heterocycles. The van der Waals surface area contributed by atoms with Gasteiger partial charge in [0.05, 0.1) is 18.0 Å². The summed E-state index contributed by atoms with van der Waals surface area (Å²) in [6.45, 7) is 1.02. The summed E-state index contributed by atoms with van der Waals surface area (Å²) in [4.78, 5) is 14.1. The van der Waals surface area contributed by atoms with Gasteiger partial charge in [-0.2, -0.15) is 26.3 Å². The topological polar surface area (TPSA) is 45.2 Å². The SMILES string of the molecule is FC(F)(F)c1cnc(N2CCN(c3ncccc3C(F)(F)F)CC2)cn1. The first-order valence-electron chi connectivity index (χ1n) is 7.57. The average molecular weight is 377 g/mol. The molecule has 1 fully saturated rings. The van der Waals surface area contributed by atoms with Gasteiger partial charge in [-0.25, -0.2) is 15.0 Å². The molecule has 2 aromatic heterocycles. The molecule has 0 saturated carbocycles. The Bertz CT molecular complexity index is 750. The van der Waals surface area contributed by atoms with Crippen LogP contribution in [0, 0.1) is 0 Å². The van der Waals surface area contributed by atoms with Crippen molar-refractivity contribution in [3.8, 4) is 0 Å². The lowest BCUT2D eigenvalue weighted by Crippen LogP contribution is -2.47. The summed E-state index contributed by atoms with van der Waals surface area (Å²) in [5.41, 5.74) is -1.91. The van der Waals surface area contributed by atoms with Gasteiger partial charge in [0, 0.05) is 32.4 Å². The summed E-state index contributed by atoms with van der Waals surface area (Å²) in [5.74, 6) is 0.0906. The van der Waals surface area contributed by atoms with Crippen molar-refractivity contribution in [2.45, 2.75) is 12.4 Å². The summed E-state index contributed by atoms with van der Waals surface area (Å²) in [6.07, 6.45) is -6.14. The molecule has 0 N–H and O–H groups in total. The van der Waals surface area contributed by atoms with E-state index in [4.69, 9.17) is 0 Å². The van der Waals surface area contributed by atoms with Gasteiger partial charge in [0.25, 0.3) is 0 Å². The van der Waals surface area contributed by atoms with E-state index in [-0.39, 0.29) is 37.8 Å². The molecule has 2 aromatic rings. The number of halogens is 6. The van der Waals surface area contributed by atoms with Crippen LogP contribution in [0.15, 0.2) is 30.7 Å². The van der Waals surface area contributed by atoms with Gasteiger partial charge in [-0.05, 0) is 12.1 Å². The van der Waals surface area contributed by atoms with Gasteiger partial charge in [0.1, 0.15) is 11.6 Å². The lowest BCUT2D eigenvalue weighted by molar-refractivity contribution is -0.141. The monoisotopic (exact) mass is 377 g/mol. The summed E-state index contributed by atoms with van der Waals surface area (Å²) < 4.78 is 76.8. The number of hydrogen-bond acceptors (Lipinski definition) is 5. The molecule has 0 spiro atoms. The lowest BCUT2D eigenvalue weighted by atomic mass is 10.2. The van der Waals surface area contributed by atoms with Crippen molar-refractivity contribution in [1.82, 2.24) is 15.0 Å². The van der Waals surface area contributed by atoms with Gasteiger partial charge >= 0.3 is 12.4 Å². The highest BCUT2D eigenvalue weighted by molar-refractivity contribution is 5.50. The summed E-state index contributed by atoms with van der Waals surface area (Å²) in [7, 11) is 0. The van der Waals surface area contributed by atoms with Crippen molar-refractivity contribution in [3.63, 3.8) is 0 Å². The summed E-state index contributed by atoms with van der Waals surface area (Å²) >= 11 is 0. The molecule has 0 unspecified atom stereocenters. The lowest BCUT2D eigenvalue weighted by Gasteiger charge is -2.36. The van der Waals surface area contributed by atoms with Crippen LogP contribution in [-0.2, 0) is 12.4 Å². The molecular formula is C15H13F6N5. The fourth-order valence-corrected chi connectivity index (χ4v) is 2.65. The average Bonchev–Trinajstić information content (AvgIpc) is 2.61. The Morgan fingerprint density at radius 1 is 0.769 bits per heavy atom. The first-order valence-corrected chi connectivity index (χ1v) is 7.57. The number of aromatic nitrogens is 3. The zero-order chi connectivity index (χ0) is 18.9. The Morgan fingerprint density at radius 3 is 1.96 bits per heavy atom. The first kappa shape index (κ1) is 18.2. The Morgan fingerprint density at radius 2 is 1.42 bits per heavy atom. The Labute approximate surface area is 144 Å². The van der Waals surface area contributed by atoms with Crippen LogP contribution in [0.2, 0.25) is 0 Å². The maximum atomic E-state index is 13.1. The van der Waals surface area contributed by atoms with E-state index in [1.54, 1.807) is 4.90 Å². The van der Waals surface area contributed by atoms with Crippen LogP contribution in [0.4, 0.5) is 38.0 Å². The van der Waals surface area contributed by atoms with E-state index in [1.165, 1.54) is 17.2 Å². The van der Waals surface area contributed by atoms with Gasteiger partial charge in [-0.1, -0.05) is 0 Å². The highest BCUT2D eigenvalue weighted by Gasteiger charge is 2.36. The van der Waals surface area contributed by atoms with Crippen molar-refractivity contribution in [3.05, 3.63) is 42.0 Å². The minimum atomic E-state index is -4.57.